The smallest absolute Gasteiger partial charge is 0.189 e. The van der Waals surface area contributed by atoms with Crippen LogP contribution in [0.1, 0.15) is 50.0 Å². The molecule has 2 aliphatic carbocycles. The third-order valence-corrected chi connectivity index (χ3v) is 4.73. The minimum absolute atomic E-state index is 0.453. The lowest BCUT2D eigenvalue weighted by Crippen LogP contribution is -2.47. The zero-order valence-corrected chi connectivity index (χ0v) is 12.4. The van der Waals surface area contributed by atoms with Crippen LogP contribution in [-0.2, 0) is 0 Å². The number of hydrogen-bond donors (Lipinski definition) is 2. The molecule has 0 atom stereocenters. The zero-order chi connectivity index (χ0) is 13.9. The Morgan fingerprint density at radius 3 is 2.45 bits per heavy atom. The van der Waals surface area contributed by atoms with Gasteiger partial charge in [-0.1, -0.05) is 36.6 Å². The molecule has 1 aromatic carbocycles. The first kappa shape index (κ1) is 13.7. The molecule has 0 amide bonds. The Balaban J connectivity index is 1.47. The standard InChI is InChI=1S/C16H22ClN3/c17-13-7-5-11(6-8-13)12-9-15(10-12)20-16(18)19-14-3-1-2-4-14/h5-8,12,14-15H,1-4,9-10H2,(H3,18,19,20). The summed E-state index contributed by atoms with van der Waals surface area (Å²) in [6.45, 7) is 0. The van der Waals surface area contributed by atoms with Crippen LogP contribution in [0.3, 0.4) is 0 Å². The van der Waals surface area contributed by atoms with E-state index in [9.17, 15) is 0 Å². The van der Waals surface area contributed by atoms with E-state index in [-0.39, 0.29) is 0 Å². The first-order valence-electron chi connectivity index (χ1n) is 7.56. The molecule has 0 spiro atoms. The highest BCUT2D eigenvalue weighted by Crippen LogP contribution is 2.37. The van der Waals surface area contributed by atoms with Gasteiger partial charge in [0.1, 0.15) is 0 Å². The van der Waals surface area contributed by atoms with Gasteiger partial charge in [-0.3, -0.25) is 4.99 Å². The number of aliphatic imine (C=N–C) groups is 1. The third-order valence-electron chi connectivity index (χ3n) is 4.48. The summed E-state index contributed by atoms with van der Waals surface area (Å²) >= 11 is 5.91. The van der Waals surface area contributed by atoms with E-state index in [2.05, 4.69) is 22.4 Å². The number of benzene rings is 1. The van der Waals surface area contributed by atoms with Gasteiger partial charge in [-0.05, 0) is 49.3 Å². The lowest BCUT2D eigenvalue weighted by molar-refractivity contribution is 0.323. The minimum atomic E-state index is 0.453. The van der Waals surface area contributed by atoms with E-state index in [0.717, 1.165) is 17.9 Å². The van der Waals surface area contributed by atoms with Gasteiger partial charge in [0.2, 0.25) is 0 Å². The van der Waals surface area contributed by atoms with Gasteiger partial charge < -0.3 is 11.1 Å². The molecule has 0 radical (unpaired) electrons. The van der Waals surface area contributed by atoms with E-state index in [1.54, 1.807) is 0 Å². The second-order valence-corrected chi connectivity index (χ2v) is 6.45. The summed E-state index contributed by atoms with van der Waals surface area (Å²) in [7, 11) is 0. The van der Waals surface area contributed by atoms with Gasteiger partial charge in [-0.25, -0.2) is 0 Å². The van der Waals surface area contributed by atoms with E-state index >= 15 is 0 Å². The maximum absolute atomic E-state index is 5.99. The Hall–Kier alpha value is -1.22. The highest BCUT2D eigenvalue weighted by Gasteiger charge is 2.30. The lowest BCUT2D eigenvalue weighted by atomic mass is 9.76. The second kappa shape index (κ2) is 6.04. The van der Waals surface area contributed by atoms with Gasteiger partial charge in [0.25, 0.3) is 0 Å². The van der Waals surface area contributed by atoms with Gasteiger partial charge in [0, 0.05) is 11.1 Å². The Bertz CT molecular complexity index is 471. The summed E-state index contributed by atoms with van der Waals surface area (Å²) in [4.78, 5) is 4.57. The minimum Gasteiger partial charge on any atom is -0.370 e. The van der Waals surface area contributed by atoms with Crippen molar-refractivity contribution in [3.63, 3.8) is 0 Å². The molecule has 20 heavy (non-hydrogen) atoms. The van der Waals surface area contributed by atoms with E-state index in [1.165, 1.54) is 31.2 Å². The third kappa shape index (κ3) is 3.26. The topological polar surface area (TPSA) is 50.4 Å². The molecule has 2 aliphatic rings. The van der Waals surface area contributed by atoms with Crippen LogP contribution in [0.4, 0.5) is 0 Å². The van der Waals surface area contributed by atoms with E-state index in [4.69, 9.17) is 17.3 Å². The van der Waals surface area contributed by atoms with Crippen molar-refractivity contribution in [3.8, 4) is 0 Å². The molecular formula is C16H22ClN3. The van der Waals surface area contributed by atoms with Gasteiger partial charge >= 0.3 is 0 Å². The largest absolute Gasteiger partial charge is 0.370 e. The van der Waals surface area contributed by atoms with Gasteiger partial charge in [-0.2, -0.15) is 0 Å². The van der Waals surface area contributed by atoms with Crippen LogP contribution in [0, 0.1) is 0 Å². The van der Waals surface area contributed by atoms with Crippen LogP contribution in [0.25, 0.3) is 0 Å². The monoisotopic (exact) mass is 291 g/mol. The van der Waals surface area contributed by atoms with Crippen LogP contribution < -0.4 is 11.1 Å². The number of halogens is 1. The number of nitrogens with one attached hydrogen (secondary N) is 1. The summed E-state index contributed by atoms with van der Waals surface area (Å²) in [6.07, 6.45) is 7.24. The van der Waals surface area contributed by atoms with Crippen molar-refractivity contribution in [3.05, 3.63) is 34.9 Å². The molecule has 3 nitrogen and oxygen atoms in total. The van der Waals surface area contributed by atoms with Crippen LogP contribution in [-0.4, -0.2) is 18.0 Å². The number of guanidine groups is 1. The summed E-state index contributed by atoms with van der Waals surface area (Å²) in [5.41, 5.74) is 7.36. The fourth-order valence-corrected chi connectivity index (χ4v) is 3.35. The molecular weight excluding hydrogens is 270 g/mol. The van der Waals surface area contributed by atoms with Gasteiger partial charge in [0.15, 0.2) is 5.96 Å². The molecule has 0 bridgehead atoms. The Kier molecular flexibility index (Phi) is 4.16. The molecule has 0 aromatic heterocycles. The van der Waals surface area contributed by atoms with Gasteiger partial charge in [0.05, 0.1) is 6.04 Å². The van der Waals surface area contributed by atoms with Crippen molar-refractivity contribution in [1.29, 1.82) is 0 Å². The summed E-state index contributed by atoms with van der Waals surface area (Å²) in [6, 6.07) is 9.11. The molecule has 2 fully saturated rings. The van der Waals surface area contributed by atoms with Crippen molar-refractivity contribution in [2.75, 3.05) is 0 Å². The Morgan fingerprint density at radius 1 is 1.15 bits per heavy atom. The second-order valence-electron chi connectivity index (χ2n) is 6.01. The lowest BCUT2D eigenvalue weighted by Gasteiger charge is -2.36. The Labute approximate surface area is 125 Å². The molecule has 2 saturated carbocycles. The number of hydrogen-bond acceptors (Lipinski definition) is 1. The molecule has 4 heteroatoms. The highest BCUT2D eigenvalue weighted by molar-refractivity contribution is 6.30. The maximum atomic E-state index is 5.99. The summed E-state index contributed by atoms with van der Waals surface area (Å²) in [5, 5.41) is 4.16. The quantitative estimate of drug-likeness (QED) is 0.662. The van der Waals surface area contributed by atoms with Crippen LogP contribution >= 0.6 is 11.6 Å². The fraction of sp³-hybridized carbons (Fsp3) is 0.562. The molecule has 0 saturated heterocycles. The van der Waals surface area contributed by atoms with Crippen molar-refractivity contribution >= 4 is 17.6 Å². The fourth-order valence-electron chi connectivity index (χ4n) is 3.22. The maximum Gasteiger partial charge on any atom is 0.189 e. The van der Waals surface area contributed by atoms with E-state index in [0.29, 0.717) is 24.0 Å². The van der Waals surface area contributed by atoms with Crippen molar-refractivity contribution < 1.29 is 0 Å². The number of nitrogens with two attached hydrogens (primary N) is 1. The van der Waals surface area contributed by atoms with E-state index in [1.807, 2.05) is 12.1 Å². The summed E-state index contributed by atoms with van der Waals surface area (Å²) < 4.78 is 0. The van der Waals surface area contributed by atoms with Crippen LogP contribution in [0.2, 0.25) is 5.02 Å². The first-order chi connectivity index (χ1) is 9.70. The first-order valence-corrected chi connectivity index (χ1v) is 7.94. The molecule has 3 rings (SSSR count). The Morgan fingerprint density at radius 2 is 1.80 bits per heavy atom. The summed E-state index contributed by atoms with van der Waals surface area (Å²) in [5.74, 6) is 1.26. The molecule has 0 unspecified atom stereocenters. The molecule has 1 aromatic rings. The molecule has 0 heterocycles. The average molecular weight is 292 g/mol. The predicted octanol–water partition coefficient (Wildman–Crippen LogP) is 3.43. The van der Waals surface area contributed by atoms with Crippen LogP contribution in [0.5, 0.6) is 0 Å². The van der Waals surface area contributed by atoms with Crippen molar-refractivity contribution in [2.24, 2.45) is 10.7 Å². The average Bonchev–Trinajstić information content (AvgIpc) is 2.87. The number of nitrogens with zero attached hydrogens (tertiary/aromatic N) is 1. The van der Waals surface area contributed by atoms with Crippen LogP contribution in [0.15, 0.2) is 29.3 Å². The SMILES string of the molecule is NC(=NC1CCCC1)NC1CC(c2ccc(Cl)cc2)C1. The molecule has 108 valence electrons. The number of rotatable bonds is 3. The van der Waals surface area contributed by atoms with Crippen molar-refractivity contribution in [2.45, 2.75) is 56.5 Å². The highest BCUT2D eigenvalue weighted by atomic mass is 35.5. The predicted molar refractivity (Wildman–Crippen MR) is 84.2 cm³/mol. The van der Waals surface area contributed by atoms with Gasteiger partial charge in [-0.15, -0.1) is 0 Å². The zero-order valence-electron chi connectivity index (χ0n) is 11.7. The normalized spacial score (nSPS) is 27.4. The molecule has 0 aliphatic heterocycles. The van der Waals surface area contributed by atoms with E-state index < -0.39 is 0 Å². The van der Waals surface area contributed by atoms with Crippen molar-refractivity contribution in [1.82, 2.24) is 5.32 Å². The molecule has 3 N–H and O–H groups in total.